The number of aliphatic hydroxyl groups excluding tert-OH is 11. The highest BCUT2D eigenvalue weighted by molar-refractivity contribution is 5.78. The van der Waals surface area contributed by atoms with Gasteiger partial charge in [-0.2, -0.15) is 5.90 Å². The van der Waals surface area contributed by atoms with Crippen molar-refractivity contribution in [2.75, 3.05) is 26.4 Å². The molecule has 15 N–H and O–H groups in total. The molecular formula is C64H119N3O21. The van der Waals surface area contributed by atoms with Crippen LogP contribution in [0.1, 0.15) is 239 Å². The monoisotopic (exact) mass is 1270 g/mol. The van der Waals surface area contributed by atoms with Crippen LogP contribution in [0.3, 0.4) is 0 Å². The Morgan fingerprint density at radius 3 is 1.56 bits per heavy atom. The average molecular weight is 1270 g/mol. The van der Waals surface area contributed by atoms with E-state index in [1.54, 1.807) is 6.08 Å². The van der Waals surface area contributed by atoms with Crippen molar-refractivity contribution >= 4 is 17.8 Å². The number of nitrogens with two attached hydrogens (primary N) is 1. The Morgan fingerprint density at radius 1 is 0.614 bits per heavy atom. The number of ether oxygens (including phenoxy) is 6. The van der Waals surface area contributed by atoms with Gasteiger partial charge >= 0.3 is 5.97 Å². The number of rotatable bonds is 50. The van der Waals surface area contributed by atoms with Gasteiger partial charge in [-0.05, 0) is 19.3 Å². The Morgan fingerprint density at radius 2 is 1.09 bits per heavy atom. The van der Waals surface area contributed by atoms with Crippen molar-refractivity contribution in [1.82, 2.24) is 10.6 Å². The fraction of sp³-hybridized carbons (Fsp3) is 0.922. The molecule has 24 nitrogen and oxygen atoms in total. The molecule has 3 fully saturated rings. The smallest absolute Gasteiger partial charge is 0.385 e. The Bertz CT molecular complexity index is 1840. The summed E-state index contributed by atoms with van der Waals surface area (Å²) in [5.74, 6) is -0.407. The van der Waals surface area contributed by atoms with Gasteiger partial charge in [0, 0.05) is 19.8 Å². The lowest BCUT2D eigenvalue weighted by Crippen LogP contribution is -2.71. The summed E-state index contributed by atoms with van der Waals surface area (Å²) in [5, 5.41) is 126. The molecule has 3 aliphatic heterocycles. The second-order valence-electron chi connectivity index (χ2n) is 24.8. The number of hydrogen-bond donors (Lipinski definition) is 14. The SMILES string of the molecule is CCCCCCCCCCCCC/C=C/[C@@H](O)C(CO[C@@H]1O[C@H](CO)[C@@H](O[C@@H]2O[C@H](CO)[C@H](O)[C@H](O[C@]3(C(=O)ON)C[C@H](O)[C@H](NC(C)=O)[C@H]([C@H](O)[C@H](O)CO)O3)[C@H]2O)[C@H](O)[C@H]1O)NC(=O)CCCCCCCCCCCCCCCCCCCCCC. The van der Waals surface area contributed by atoms with E-state index in [0.717, 1.165) is 51.9 Å². The Balaban J connectivity index is 1.62. The summed E-state index contributed by atoms with van der Waals surface area (Å²) >= 11 is 0. The van der Waals surface area contributed by atoms with Gasteiger partial charge in [-0.1, -0.05) is 212 Å². The lowest BCUT2D eigenvalue weighted by atomic mass is 9.88. The van der Waals surface area contributed by atoms with Crippen LogP contribution in [-0.2, 0) is 47.6 Å². The molecule has 0 bridgehead atoms. The van der Waals surface area contributed by atoms with Gasteiger partial charge in [-0.3, -0.25) is 9.59 Å². The third kappa shape index (κ3) is 28.7. The summed E-state index contributed by atoms with van der Waals surface area (Å²) in [6.07, 6.45) is 12.9. The van der Waals surface area contributed by atoms with Crippen molar-refractivity contribution in [3.63, 3.8) is 0 Å². The molecule has 3 heterocycles. The third-order valence-electron chi connectivity index (χ3n) is 17.3. The summed E-state index contributed by atoms with van der Waals surface area (Å²) in [6.45, 7) is 2.16. The van der Waals surface area contributed by atoms with Gasteiger partial charge in [-0.25, -0.2) is 4.79 Å². The topological polar surface area (TPSA) is 388 Å². The summed E-state index contributed by atoms with van der Waals surface area (Å²) in [4.78, 5) is 43.4. The van der Waals surface area contributed by atoms with Crippen LogP contribution in [0, 0.1) is 0 Å². The van der Waals surface area contributed by atoms with Gasteiger partial charge in [0.05, 0.1) is 50.7 Å². The van der Waals surface area contributed by atoms with Crippen LogP contribution in [0.15, 0.2) is 12.2 Å². The van der Waals surface area contributed by atoms with E-state index in [2.05, 4.69) is 29.3 Å². The number of unbranched alkanes of at least 4 members (excludes halogenated alkanes) is 30. The molecule has 0 spiro atoms. The molecule has 0 saturated carbocycles. The van der Waals surface area contributed by atoms with Crippen molar-refractivity contribution in [3.8, 4) is 0 Å². The van der Waals surface area contributed by atoms with E-state index < -0.39 is 155 Å². The lowest BCUT2D eigenvalue weighted by molar-refractivity contribution is -0.387. The van der Waals surface area contributed by atoms with Crippen molar-refractivity contribution in [2.45, 2.75) is 349 Å². The lowest BCUT2D eigenvalue weighted by Gasteiger charge is -2.50. The van der Waals surface area contributed by atoms with Crippen molar-refractivity contribution in [2.24, 2.45) is 5.90 Å². The Hall–Kier alpha value is -2.57. The van der Waals surface area contributed by atoms with E-state index in [0.29, 0.717) is 12.8 Å². The standard InChI is InChI=1S/C64H119N3O21/c1-4-6-8-10-12-14-16-18-19-20-21-22-23-24-26-28-30-32-34-36-38-51(75)67-45(46(72)37-35-33-31-29-27-25-17-15-13-11-9-7-5-2)43-82-61-56(79)55(78)58(50(42-70)84-61)85-62-57(80)60(54(77)49(41-69)83-62)87-64(63(81)88-65)39-47(73)52(66-44(3)71)59(86-64)53(76)48(74)40-68/h35,37,45-50,52-62,68-70,72-74,76-80H,4-34,36,38-43,65H2,1-3H3,(H,66,71)(H,67,75)/b37-35+/t45?,46-,47+,48-,49-,50-,52+,53-,54+,55-,56-,57-,58-,59-,60+,61-,62+,64+/m1/s1. The van der Waals surface area contributed by atoms with Crippen LogP contribution >= 0.6 is 0 Å². The van der Waals surface area contributed by atoms with Gasteiger partial charge in [0.2, 0.25) is 11.8 Å². The first-order valence-corrected chi connectivity index (χ1v) is 33.8. The first kappa shape index (κ1) is 79.7. The van der Waals surface area contributed by atoms with E-state index >= 15 is 0 Å². The second kappa shape index (κ2) is 46.5. The van der Waals surface area contributed by atoms with E-state index in [1.165, 1.54) is 148 Å². The zero-order valence-corrected chi connectivity index (χ0v) is 53.4. The zero-order chi connectivity index (χ0) is 64.7. The molecule has 88 heavy (non-hydrogen) atoms. The van der Waals surface area contributed by atoms with Crippen LogP contribution < -0.4 is 16.5 Å². The van der Waals surface area contributed by atoms with Gasteiger partial charge in [0.25, 0.3) is 5.79 Å². The van der Waals surface area contributed by atoms with Crippen molar-refractivity contribution < 1.29 is 104 Å². The molecule has 0 radical (unpaired) electrons. The molecule has 0 aromatic rings. The molecule has 0 aromatic carbocycles. The Kier molecular flexibility index (Phi) is 42.1. The normalized spacial score (nSPS) is 29.0. The van der Waals surface area contributed by atoms with Crippen molar-refractivity contribution in [1.29, 1.82) is 0 Å². The molecule has 3 saturated heterocycles. The minimum Gasteiger partial charge on any atom is -0.394 e. The second-order valence-corrected chi connectivity index (χ2v) is 24.8. The van der Waals surface area contributed by atoms with Gasteiger partial charge in [-0.15, -0.1) is 0 Å². The molecule has 18 atom stereocenters. The molecule has 516 valence electrons. The number of allylic oxidation sites excluding steroid dienone is 1. The van der Waals surface area contributed by atoms with E-state index in [-0.39, 0.29) is 12.3 Å². The fourth-order valence-corrected chi connectivity index (χ4v) is 11.9. The minimum absolute atomic E-state index is 0.206. The average Bonchev–Trinajstić information content (AvgIpc) is 0.822. The maximum Gasteiger partial charge on any atom is 0.385 e. The highest BCUT2D eigenvalue weighted by Crippen LogP contribution is 2.39. The molecule has 0 aliphatic carbocycles. The largest absolute Gasteiger partial charge is 0.394 e. The maximum atomic E-state index is 13.5. The molecule has 24 heteroatoms. The van der Waals surface area contributed by atoms with Crippen LogP contribution in [0.2, 0.25) is 0 Å². The van der Waals surface area contributed by atoms with Gasteiger partial charge in [0.1, 0.15) is 67.1 Å². The summed E-state index contributed by atoms with van der Waals surface area (Å²) in [7, 11) is 0. The first-order valence-electron chi connectivity index (χ1n) is 33.8. The zero-order valence-electron chi connectivity index (χ0n) is 53.4. The summed E-state index contributed by atoms with van der Waals surface area (Å²) in [6, 6.07) is -2.60. The molecule has 3 rings (SSSR count). The Labute approximate surface area is 523 Å². The van der Waals surface area contributed by atoms with Gasteiger partial charge in [0.15, 0.2) is 12.6 Å². The van der Waals surface area contributed by atoms with Crippen LogP contribution in [0.25, 0.3) is 0 Å². The van der Waals surface area contributed by atoms with Gasteiger partial charge < -0.3 is 100 Å². The molecule has 2 amide bonds. The molecule has 1 unspecified atom stereocenters. The van der Waals surface area contributed by atoms with E-state index in [9.17, 15) is 70.6 Å². The van der Waals surface area contributed by atoms with Crippen LogP contribution in [-0.4, -0.2) is 210 Å². The molecule has 3 aliphatic rings. The number of hydrogen-bond acceptors (Lipinski definition) is 22. The quantitative estimate of drug-likeness (QED) is 0.0227. The first-order chi connectivity index (χ1) is 42.4. The highest BCUT2D eigenvalue weighted by atomic mass is 16.8. The molecule has 0 aromatic heterocycles. The summed E-state index contributed by atoms with van der Waals surface area (Å²) in [5.41, 5.74) is 0. The predicted octanol–water partition coefficient (Wildman–Crippen LogP) is 4.45. The van der Waals surface area contributed by atoms with Crippen LogP contribution in [0.4, 0.5) is 0 Å². The number of carbonyl (C=O) groups excluding carboxylic acids is 3. The highest BCUT2D eigenvalue weighted by Gasteiger charge is 2.61. The van der Waals surface area contributed by atoms with E-state index in [1.807, 2.05) is 6.08 Å². The maximum absolute atomic E-state index is 13.5. The number of carbonyl (C=O) groups is 3. The number of nitrogens with one attached hydrogen (secondary N) is 2. The predicted molar refractivity (Wildman–Crippen MR) is 327 cm³/mol. The van der Waals surface area contributed by atoms with Crippen molar-refractivity contribution in [3.05, 3.63) is 12.2 Å². The van der Waals surface area contributed by atoms with E-state index in [4.69, 9.17) is 34.3 Å². The summed E-state index contributed by atoms with van der Waals surface area (Å²) < 4.78 is 35.1. The molecular weight excluding hydrogens is 1150 g/mol. The third-order valence-corrected chi connectivity index (χ3v) is 17.3. The van der Waals surface area contributed by atoms with Crippen LogP contribution in [0.5, 0.6) is 0 Å². The minimum atomic E-state index is -2.97. The number of amides is 2. The number of aliphatic hydroxyl groups is 11. The fourth-order valence-electron chi connectivity index (χ4n) is 11.9.